The van der Waals surface area contributed by atoms with Crippen molar-refractivity contribution in [1.82, 2.24) is 29.9 Å². The molecule has 1 aromatic carbocycles. The van der Waals surface area contributed by atoms with Gasteiger partial charge in [-0.05, 0) is 31.0 Å². The average Bonchev–Trinajstić information content (AvgIpc) is 3.27. The Morgan fingerprint density at radius 3 is 2.88 bits per heavy atom. The molecule has 1 amide bonds. The van der Waals surface area contributed by atoms with Gasteiger partial charge in [-0.15, -0.1) is 5.10 Å². The highest BCUT2D eigenvalue weighted by Crippen LogP contribution is 2.18. The molecule has 1 aliphatic carbocycles. The Hall–Kier alpha value is -2.74. The van der Waals surface area contributed by atoms with E-state index in [1.807, 2.05) is 0 Å². The van der Waals surface area contributed by atoms with Crippen LogP contribution in [0.5, 0.6) is 0 Å². The number of nitrogens with one attached hydrogen (secondary N) is 1. The van der Waals surface area contributed by atoms with Gasteiger partial charge in [-0.3, -0.25) is 14.2 Å². The molecule has 9 heteroatoms. The van der Waals surface area contributed by atoms with E-state index in [1.165, 1.54) is 15.6 Å². The van der Waals surface area contributed by atoms with Crippen molar-refractivity contribution in [2.24, 2.45) is 0 Å². The van der Waals surface area contributed by atoms with Crippen molar-refractivity contribution in [3.63, 3.8) is 0 Å². The van der Waals surface area contributed by atoms with Crippen LogP contribution in [0.25, 0.3) is 16.9 Å². The Bertz CT molecular complexity index is 1020. The van der Waals surface area contributed by atoms with Gasteiger partial charge in [-0.2, -0.15) is 4.68 Å². The Morgan fingerprint density at radius 1 is 1.31 bits per heavy atom. The van der Waals surface area contributed by atoms with E-state index in [0.717, 1.165) is 25.7 Å². The Kier molecular flexibility index (Phi) is 4.42. The van der Waals surface area contributed by atoms with Gasteiger partial charge in [0.15, 0.2) is 11.2 Å². The summed E-state index contributed by atoms with van der Waals surface area (Å²) >= 11 is 6.00. The summed E-state index contributed by atoms with van der Waals surface area (Å²) in [5.41, 5.74) is 0.694. The summed E-state index contributed by atoms with van der Waals surface area (Å²) in [6, 6.07) is 7.23. The van der Waals surface area contributed by atoms with Gasteiger partial charge in [0, 0.05) is 11.1 Å². The third kappa shape index (κ3) is 3.20. The zero-order chi connectivity index (χ0) is 18.1. The van der Waals surface area contributed by atoms with Gasteiger partial charge >= 0.3 is 0 Å². The highest BCUT2D eigenvalue weighted by molar-refractivity contribution is 6.30. The molecule has 2 aromatic heterocycles. The first-order valence-corrected chi connectivity index (χ1v) is 8.86. The van der Waals surface area contributed by atoms with Gasteiger partial charge in [0.1, 0.15) is 12.9 Å². The number of nitrogens with zero attached hydrogens (tertiary/aromatic N) is 5. The van der Waals surface area contributed by atoms with Crippen molar-refractivity contribution in [2.75, 3.05) is 0 Å². The number of benzene rings is 1. The standard InChI is InChI=1S/C17H17ClN6O2/c18-11-4-3-7-13(8-11)24-16-15(21-22-24)17(26)23(10-19-16)9-14(25)20-12-5-1-2-6-12/h3-4,7-8,10,12H,1-2,5-6,9H2,(H,20,25). The number of amides is 1. The molecule has 0 atom stereocenters. The fraction of sp³-hybridized carbons (Fsp3) is 0.353. The Balaban J connectivity index is 1.61. The number of fused-ring (bicyclic) bond motifs is 1. The second kappa shape index (κ2) is 6.87. The average molecular weight is 373 g/mol. The second-order valence-electron chi connectivity index (χ2n) is 6.38. The maximum atomic E-state index is 12.6. The van der Waals surface area contributed by atoms with Crippen LogP contribution in [-0.2, 0) is 11.3 Å². The third-order valence-electron chi connectivity index (χ3n) is 4.52. The van der Waals surface area contributed by atoms with E-state index in [9.17, 15) is 9.59 Å². The van der Waals surface area contributed by atoms with Gasteiger partial charge in [0.25, 0.3) is 5.56 Å². The molecule has 0 aliphatic heterocycles. The molecule has 0 spiro atoms. The van der Waals surface area contributed by atoms with E-state index < -0.39 is 5.56 Å². The zero-order valence-electron chi connectivity index (χ0n) is 13.9. The van der Waals surface area contributed by atoms with Crippen molar-refractivity contribution in [3.8, 4) is 5.69 Å². The highest BCUT2D eigenvalue weighted by atomic mass is 35.5. The van der Waals surface area contributed by atoms with Gasteiger partial charge in [0.05, 0.1) is 5.69 Å². The molecule has 0 saturated heterocycles. The van der Waals surface area contributed by atoms with E-state index in [1.54, 1.807) is 24.3 Å². The minimum atomic E-state index is -0.398. The number of hydrogen-bond donors (Lipinski definition) is 1. The van der Waals surface area contributed by atoms with Crippen LogP contribution in [-0.4, -0.2) is 36.5 Å². The SMILES string of the molecule is O=C(Cn1cnc2c(nnn2-c2cccc(Cl)c2)c1=O)NC1CCCC1. The molecule has 0 unspecified atom stereocenters. The maximum absolute atomic E-state index is 12.6. The molecule has 1 fully saturated rings. The van der Waals surface area contributed by atoms with Gasteiger partial charge in [0.2, 0.25) is 5.91 Å². The second-order valence-corrected chi connectivity index (χ2v) is 6.82. The lowest BCUT2D eigenvalue weighted by Crippen LogP contribution is -2.37. The summed E-state index contributed by atoms with van der Waals surface area (Å²) in [7, 11) is 0. The van der Waals surface area contributed by atoms with Crippen molar-refractivity contribution in [2.45, 2.75) is 38.3 Å². The summed E-state index contributed by atoms with van der Waals surface area (Å²) in [5.74, 6) is -0.192. The van der Waals surface area contributed by atoms with Crippen LogP contribution in [0.3, 0.4) is 0 Å². The fourth-order valence-electron chi connectivity index (χ4n) is 3.24. The van der Waals surface area contributed by atoms with E-state index in [-0.39, 0.29) is 24.0 Å². The maximum Gasteiger partial charge on any atom is 0.284 e. The Labute approximate surface area is 153 Å². The molecule has 4 rings (SSSR count). The topological polar surface area (TPSA) is 94.7 Å². The summed E-state index contributed by atoms with van der Waals surface area (Å²) in [4.78, 5) is 29.1. The zero-order valence-corrected chi connectivity index (χ0v) is 14.7. The van der Waals surface area contributed by atoms with Crippen molar-refractivity contribution < 1.29 is 4.79 Å². The van der Waals surface area contributed by atoms with E-state index in [4.69, 9.17) is 11.6 Å². The molecular formula is C17H17ClN6O2. The van der Waals surface area contributed by atoms with Crippen LogP contribution >= 0.6 is 11.6 Å². The number of halogens is 1. The van der Waals surface area contributed by atoms with Crippen LogP contribution in [0, 0.1) is 0 Å². The van der Waals surface area contributed by atoms with E-state index >= 15 is 0 Å². The van der Waals surface area contributed by atoms with Crippen molar-refractivity contribution in [1.29, 1.82) is 0 Å². The highest BCUT2D eigenvalue weighted by Gasteiger charge is 2.19. The number of aromatic nitrogens is 5. The number of hydrogen-bond acceptors (Lipinski definition) is 5. The molecule has 0 bridgehead atoms. The predicted molar refractivity (Wildman–Crippen MR) is 96.3 cm³/mol. The van der Waals surface area contributed by atoms with Crippen LogP contribution < -0.4 is 10.9 Å². The first kappa shape index (κ1) is 16.7. The lowest BCUT2D eigenvalue weighted by atomic mass is 10.2. The van der Waals surface area contributed by atoms with E-state index in [0.29, 0.717) is 16.4 Å². The molecule has 0 radical (unpaired) electrons. The molecular weight excluding hydrogens is 356 g/mol. The van der Waals surface area contributed by atoms with Gasteiger partial charge < -0.3 is 5.32 Å². The molecule has 1 saturated carbocycles. The van der Waals surface area contributed by atoms with Gasteiger partial charge in [-0.1, -0.05) is 35.7 Å². The summed E-state index contributed by atoms with van der Waals surface area (Å²) in [5, 5.41) is 11.4. The number of carbonyl (C=O) groups is 1. The first-order chi connectivity index (χ1) is 12.6. The normalized spacial score (nSPS) is 14.8. The first-order valence-electron chi connectivity index (χ1n) is 8.48. The summed E-state index contributed by atoms with van der Waals surface area (Å²) in [6.07, 6.45) is 5.59. The largest absolute Gasteiger partial charge is 0.352 e. The van der Waals surface area contributed by atoms with Gasteiger partial charge in [-0.25, -0.2) is 4.98 Å². The quantitative estimate of drug-likeness (QED) is 0.752. The molecule has 134 valence electrons. The molecule has 3 aromatic rings. The van der Waals surface area contributed by atoms with Crippen LogP contribution in [0.1, 0.15) is 25.7 Å². The minimum absolute atomic E-state index is 0.0811. The number of carbonyl (C=O) groups excluding carboxylic acids is 1. The monoisotopic (exact) mass is 372 g/mol. The van der Waals surface area contributed by atoms with Crippen LogP contribution in [0.4, 0.5) is 0 Å². The van der Waals surface area contributed by atoms with Crippen LogP contribution in [0.2, 0.25) is 5.02 Å². The van der Waals surface area contributed by atoms with Crippen molar-refractivity contribution >= 4 is 28.7 Å². The Morgan fingerprint density at radius 2 is 2.12 bits per heavy atom. The predicted octanol–water partition coefficient (Wildman–Crippen LogP) is 1.69. The van der Waals surface area contributed by atoms with Crippen molar-refractivity contribution in [3.05, 3.63) is 46.0 Å². The smallest absolute Gasteiger partial charge is 0.284 e. The summed E-state index contributed by atoms with van der Waals surface area (Å²) in [6.45, 7) is -0.0811. The van der Waals surface area contributed by atoms with E-state index in [2.05, 4.69) is 20.6 Å². The lowest BCUT2D eigenvalue weighted by molar-refractivity contribution is -0.122. The molecule has 1 aliphatic rings. The lowest BCUT2D eigenvalue weighted by Gasteiger charge is -2.12. The fourth-order valence-corrected chi connectivity index (χ4v) is 3.42. The number of rotatable bonds is 4. The molecule has 8 nitrogen and oxygen atoms in total. The minimum Gasteiger partial charge on any atom is -0.352 e. The third-order valence-corrected chi connectivity index (χ3v) is 4.75. The summed E-state index contributed by atoms with van der Waals surface area (Å²) < 4.78 is 2.70. The molecule has 26 heavy (non-hydrogen) atoms. The van der Waals surface area contributed by atoms with Crippen LogP contribution in [0.15, 0.2) is 35.4 Å². The molecule has 1 N–H and O–H groups in total. The molecule has 2 heterocycles.